The summed E-state index contributed by atoms with van der Waals surface area (Å²) in [6.45, 7) is 4.86. The van der Waals surface area contributed by atoms with Crippen molar-refractivity contribution in [2.45, 2.75) is 44.6 Å². The van der Waals surface area contributed by atoms with Gasteiger partial charge in [0.2, 0.25) is 0 Å². The van der Waals surface area contributed by atoms with E-state index in [9.17, 15) is 0 Å². The lowest BCUT2D eigenvalue weighted by Crippen LogP contribution is -2.27. The fraction of sp³-hybridized carbons (Fsp3) is 0.833. The molecule has 2 fully saturated rings. The van der Waals surface area contributed by atoms with Crippen LogP contribution < -0.4 is 0 Å². The number of hydrogen-bond acceptors (Lipinski definition) is 1. The standard InChI is InChI=1S/C12H20O/c1-2-10-8-9-13-12(10)11-6-4-3-5-7-11/h2,10-12H,1,3-9H2/t10-,12-/m1/s1. The molecule has 1 saturated heterocycles. The molecule has 0 N–H and O–H groups in total. The summed E-state index contributed by atoms with van der Waals surface area (Å²) >= 11 is 0. The third-order valence-corrected chi connectivity index (χ3v) is 3.60. The van der Waals surface area contributed by atoms with Crippen molar-refractivity contribution in [1.29, 1.82) is 0 Å². The predicted octanol–water partition coefficient (Wildman–Crippen LogP) is 3.16. The van der Waals surface area contributed by atoms with E-state index in [1.807, 2.05) is 0 Å². The van der Waals surface area contributed by atoms with E-state index in [0.717, 1.165) is 12.5 Å². The lowest BCUT2D eigenvalue weighted by molar-refractivity contribution is 0.0351. The zero-order chi connectivity index (χ0) is 9.10. The van der Waals surface area contributed by atoms with Crippen molar-refractivity contribution < 1.29 is 4.74 Å². The van der Waals surface area contributed by atoms with Gasteiger partial charge < -0.3 is 4.74 Å². The smallest absolute Gasteiger partial charge is 0.0666 e. The molecule has 74 valence electrons. The topological polar surface area (TPSA) is 9.23 Å². The summed E-state index contributed by atoms with van der Waals surface area (Å²) in [7, 11) is 0. The molecule has 2 rings (SSSR count). The highest BCUT2D eigenvalue weighted by Crippen LogP contribution is 2.35. The van der Waals surface area contributed by atoms with Crippen molar-refractivity contribution in [2.75, 3.05) is 6.61 Å². The average Bonchev–Trinajstić information content (AvgIpc) is 2.67. The van der Waals surface area contributed by atoms with Gasteiger partial charge in [-0.25, -0.2) is 0 Å². The summed E-state index contributed by atoms with van der Waals surface area (Å²) in [5.41, 5.74) is 0. The summed E-state index contributed by atoms with van der Waals surface area (Å²) in [5.74, 6) is 1.47. The Hall–Kier alpha value is -0.300. The number of ether oxygens (including phenoxy) is 1. The van der Waals surface area contributed by atoms with Crippen LogP contribution in [0.15, 0.2) is 12.7 Å². The second-order valence-corrected chi connectivity index (χ2v) is 4.42. The molecule has 1 heterocycles. The van der Waals surface area contributed by atoms with Crippen molar-refractivity contribution in [2.24, 2.45) is 11.8 Å². The molecule has 0 aromatic heterocycles. The average molecular weight is 180 g/mol. The first-order valence-corrected chi connectivity index (χ1v) is 5.66. The minimum atomic E-state index is 0.512. The molecule has 13 heavy (non-hydrogen) atoms. The molecular weight excluding hydrogens is 160 g/mol. The van der Waals surface area contributed by atoms with Crippen LogP contribution in [0.2, 0.25) is 0 Å². The predicted molar refractivity (Wildman–Crippen MR) is 54.6 cm³/mol. The molecule has 1 heteroatoms. The first kappa shape index (κ1) is 9.26. The lowest BCUT2D eigenvalue weighted by Gasteiger charge is -2.29. The monoisotopic (exact) mass is 180 g/mol. The summed E-state index contributed by atoms with van der Waals surface area (Å²) < 4.78 is 5.82. The normalized spacial score (nSPS) is 36.3. The van der Waals surface area contributed by atoms with E-state index in [0.29, 0.717) is 12.0 Å². The van der Waals surface area contributed by atoms with Crippen LogP contribution in [0.5, 0.6) is 0 Å². The van der Waals surface area contributed by atoms with Gasteiger partial charge in [-0.15, -0.1) is 6.58 Å². The second kappa shape index (κ2) is 4.28. The van der Waals surface area contributed by atoms with Crippen molar-refractivity contribution >= 4 is 0 Å². The maximum Gasteiger partial charge on any atom is 0.0666 e. The summed E-state index contributed by atoms with van der Waals surface area (Å²) in [6, 6.07) is 0. The van der Waals surface area contributed by atoms with Crippen molar-refractivity contribution in [3.8, 4) is 0 Å². The first-order valence-electron chi connectivity index (χ1n) is 5.66. The zero-order valence-electron chi connectivity index (χ0n) is 8.37. The number of rotatable bonds is 2. The van der Waals surface area contributed by atoms with Gasteiger partial charge in [0.25, 0.3) is 0 Å². The molecule has 2 aliphatic rings. The zero-order valence-corrected chi connectivity index (χ0v) is 8.37. The maximum absolute atomic E-state index is 5.82. The van der Waals surface area contributed by atoms with E-state index < -0.39 is 0 Å². The van der Waals surface area contributed by atoms with Crippen LogP contribution in [0.4, 0.5) is 0 Å². The Morgan fingerprint density at radius 2 is 1.85 bits per heavy atom. The first-order chi connectivity index (χ1) is 6.42. The molecule has 0 spiro atoms. The molecule has 1 nitrogen and oxygen atoms in total. The highest BCUT2D eigenvalue weighted by molar-refractivity contribution is 4.93. The molecule has 1 aliphatic heterocycles. The van der Waals surface area contributed by atoms with Crippen LogP contribution in [0, 0.1) is 11.8 Å². The molecule has 0 bridgehead atoms. The SMILES string of the molecule is C=C[C@@H]1CCO[C@H]1C1CCCCC1. The van der Waals surface area contributed by atoms with E-state index in [1.54, 1.807) is 0 Å². The Kier molecular flexibility index (Phi) is 3.05. The maximum atomic E-state index is 5.82. The highest BCUT2D eigenvalue weighted by atomic mass is 16.5. The minimum Gasteiger partial charge on any atom is -0.377 e. The van der Waals surface area contributed by atoms with E-state index in [2.05, 4.69) is 12.7 Å². The van der Waals surface area contributed by atoms with Gasteiger partial charge in [0.1, 0.15) is 0 Å². The highest BCUT2D eigenvalue weighted by Gasteiger charge is 2.33. The Balaban J connectivity index is 1.93. The van der Waals surface area contributed by atoms with Crippen LogP contribution >= 0.6 is 0 Å². The second-order valence-electron chi connectivity index (χ2n) is 4.42. The van der Waals surface area contributed by atoms with Crippen LogP contribution in [-0.2, 0) is 4.74 Å². The fourth-order valence-corrected chi connectivity index (χ4v) is 2.83. The summed E-state index contributed by atoms with van der Waals surface area (Å²) in [6.07, 6.45) is 10.8. The van der Waals surface area contributed by atoms with Crippen molar-refractivity contribution in [1.82, 2.24) is 0 Å². The van der Waals surface area contributed by atoms with Crippen molar-refractivity contribution in [3.05, 3.63) is 12.7 Å². The lowest BCUT2D eigenvalue weighted by atomic mass is 9.80. The Labute approximate surface area is 81.2 Å². The summed E-state index contributed by atoms with van der Waals surface area (Å²) in [4.78, 5) is 0. The van der Waals surface area contributed by atoms with Gasteiger partial charge in [-0.2, -0.15) is 0 Å². The molecule has 0 aromatic carbocycles. The van der Waals surface area contributed by atoms with Crippen LogP contribution in [0.1, 0.15) is 38.5 Å². The van der Waals surface area contributed by atoms with Gasteiger partial charge in [0, 0.05) is 12.5 Å². The fourth-order valence-electron chi connectivity index (χ4n) is 2.83. The van der Waals surface area contributed by atoms with Crippen LogP contribution in [0.3, 0.4) is 0 Å². The van der Waals surface area contributed by atoms with Gasteiger partial charge in [-0.05, 0) is 25.2 Å². The minimum absolute atomic E-state index is 0.512. The molecule has 0 radical (unpaired) electrons. The molecular formula is C12H20O. The van der Waals surface area contributed by atoms with E-state index in [1.165, 1.54) is 38.5 Å². The molecule has 1 saturated carbocycles. The van der Waals surface area contributed by atoms with Gasteiger partial charge in [0.15, 0.2) is 0 Å². The van der Waals surface area contributed by atoms with Crippen LogP contribution in [0.25, 0.3) is 0 Å². The quantitative estimate of drug-likeness (QED) is 0.593. The van der Waals surface area contributed by atoms with Gasteiger partial charge in [-0.3, -0.25) is 0 Å². The van der Waals surface area contributed by atoms with Gasteiger partial charge in [-0.1, -0.05) is 25.3 Å². The largest absolute Gasteiger partial charge is 0.377 e. The molecule has 1 aliphatic carbocycles. The molecule has 0 unspecified atom stereocenters. The number of hydrogen-bond donors (Lipinski definition) is 0. The Morgan fingerprint density at radius 3 is 2.54 bits per heavy atom. The van der Waals surface area contributed by atoms with E-state index in [-0.39, 0.29) is 0 Å². The van der Waals surface area contributed by atoms with Gasteiger partial charge in [0.05, 0.1) is 6.10 Å². The van der Waals surface area contributed by atoms with Gasteiger partial charge >= 0.3 is 0 Å². The van der Waals surface area contributed by atoms with E-state index >= 15 is 0 Å². The third kappa shape index (κ3) is 1.96. The van der Waals surface area contributed by atoms with Crippen LogP contribution in [-0.4, -0.2) is 12.7 Å². The molecule has 0 aromatic rings. The molecule has 0 amide bonds. The summed E-state index contributed by atoms with van der Waals surface area (Å²) in [5, 5.41) is 0. The van der Waals surface area contributed by atoms with Crippen molar-refractivity contribution in [3.63, 3.8) is 0 Å². The Bertz CT molecular complexity index is 170. The Morgan fingerprint density at radius 1 is 1.08 bits per heavy atom. The third-order valence-electron chi connectivity index (χ3n) is 3.60. The molecule has 2 atom stereocenters. The van der Waals surface area contributed by atoms with E-state index in [4.69, 9.17) is 4.74 Å².